The summed E-state index contributed by atoms with van der Waals surface area (Å²) in [5, 5.41) is 10.2. The van der Waals surface area contributed by atoms with Crippen molar-refractivity contribution in [2.45, 2.75) is 39.7 Å². The van der Waals surface area contributed by atoms with E-state index in [9.17, 15) is 9.90 Å². The number of aliphatic hydroxyl groups excluding tert-OH is 1. The number of likely N-dealkylation sites (tertiary alicyclic amines) is 1. The van der Waals surface area contributed by atoms with Gasteiger partial charge in [-0.2, -0.15) is 0 Å². The van der Waals surface area contributed by atoms with Crippen LogP contribution in [0.5, 0.6) is 0 Å². The van der Waals surface area contributed by atoms with Crippen molar-refractivity contribution in [2.24, 2.45) is 17.6 Å². The van der Waals surface area contributed by atoms with Gasteiger partial charge in [0.15, 0.2) is 0 Å². The summed E-state index contributed by atoms with van der Waals surface area (Å²) >= 11 is 0. The van der Waals surface area contributed by atoms with E-state index in [1.54, 1.807) is 0 Å². The lowest BCUT2D eigenvalue weighted by Gasteiger charge is -2.33. The SMILES string of the molecule is CC(C)CN(CC(N)=O)CC(O)CN1CCC(C)CC1. The number of hydrogen-bond acceptors (Lipinski definition) is 4. The van der Waals surface area contributed by atoms with E-state index in [-0.39, 0.29) is 12.5 Å². The molecule has 1 atom stereocenters. The molecular weight excluding hydrogens is 254 g/mol. The molecule has 1 amide bonds. The first-order chi connectivity index (χ1) is 9.36. The largest absolute Gasteiger partial charge is 0.390 e. The Labute approximate surface area is 123 Å². The third-order valence-electron chi connectivity index (χ3n) is 3.82. The zero-order chi connectivity index (χ0) is 15.1. The van der Waals surface area contributed by atoms with Gasteiger partial charge in [0, 0.05) is 19.6 Å². The Bertz CT molecular complexity index is 289. The van der Waals surface area contributed by atoms with Gasteiger partial charge in [0.2, 0.25) is 5.91 Å². The van der Waals surface area contributed by atoms with Gasteiger partial charge in [0.05, 0.1) is 12.6 Å². The Kier molecular flexibility index (Phi) is 7.48. The number of β-amino-alcohol motifs (C(OH)–C–C–N with tert-alkyl or cyclic N) is 1. The highest BCUT2D eigenvalue weighted by Crippen LogP contribution is 2.16. The maximum atomic E-state index is 11.1. The Morgan fingerprint density at radius 2 is 1.95 bits per heavy atom. The summed E-state index contributed by atoms with van der Waals surface area (Å²) in [7, 11) is 0. The van der Waals surface area contributed by atoms with E-state index in [0.29, 0.717) is 19.0 Å². The molecule has 118 valence electrons. The Hall–Kier alpha value is -0.650. The highest BCUT2D eigenvalue weighted by Gasteiger charge is 2.20. The summed E-state index contributed by atoms with van der Waals surface area (Å²) in [6, 6.07) is 0. The third kappa shape index (κ3) is 7.22. The van der Waals surface area contributed by atoms with Crippen molar-refractivity contribution < 1.29 is 9.90 Å². The van der Waals surface area contributed by atoms with Crippen LogP contribution in [0.25, 0.3) is 0 Å². The van der Waals surface area contributed by atoms with E-state index in [2.05, 4.69) is 25.7 Å². The van der Waals surface area contributed by atoms with E-state index in [0.717, 1.165) is 25.6 Å². The quantitative estimate of drug-likeness (QED) is 0.682. The summed E-state index contributed by atoms with van der Waals surface area (Å²) in [6.45, 7) is 10.9. The molecule has 3 N–H and O–H groups in total. The fourth-order valence-corrected chi connectivity index (χ4v) is 2.84. The molecule has 0 spiro atoms. The summed E-state index contributed by atoms with van der Waals surface area (Å²) in [4.78, 5) is 15.4. The van der Waals surface area contributed by atoms with Crippen molar-refractivity contribution in [1.82, 2.24) is 9.80 Å². The number of nitrogens with two attached hydrogens (primary N) is 1. The van der Waals surface area contributed by atoms with Crippen molar-refractivity contribution in [3.63, 3.8) is 0 Å². The number of carbonyl (C=O) groups excluding carboxylic acids is 1. The van der Waals surface area contributed by atoms with Gasteiger partial charge in [0.1, 0.15) is 0 Å². The minimum atomic E-state index is -0.415. The van der Waals surface area contributed by atoms with Crippen LogP contribution in [0.15, 0.2) is 0 Å². The summed E-state index contributed by atoms with van der Waals surface area (Å²) in [5.41, 5.74) is 5.27. The Morgan fingerprint density at radius 1 is 1.35 bits per heavy atom. The highest BCUT2D eigenvalue weighted by molar-refractivity contribution is 5.75. The maximum Gasteiger partial charge on any atom is 0.231 e. The minimum absolute atomic E-state index is 0.228. The molecule has 1 aliphatic heterocycles. The second-order valence-corrected chi connectivity index (χ2v) is 6.69. The van der Waals surface area contributed by atoms with E-state index >= 15 is 0 Å². The van der Waals surface area contributed by atoms with Crippen LogP contribution in [-0.2, 0) is 4.79 Å². The van der Waals surface area contributed by atoms with Crippen molar-refractivity contribution >= 4 is 5.91 Å². The number of piperidine rings is 1. The first-order valence-electron chi connectivity index (χ1n) is 7.78. The van der Waals surface area contributed by atoms with Gasteiger partial charge in [-0.15, -0.1) is 0 Å². The van der Waals surface area contributed by atoms with Gasteiger partial charge in [-0.1, -0.05) is 20.8 Å². The second-order valence-electron chi connectivity index (χ2n) is 6.69. The average Bonchev–Trinajstić information content (AvgIpc) is 2.30. The molecule has 0 aromatic heterocycles. The predicted molar refractivity (Wildman–Crippen MR) is 81.3 cm³/mol. The van der Waals surface area contributed by atoms with Gasteiger partial charge in [-0.3, -0.25) is 9.69 Å². The lowest BCUT2D eigenvalue weighted by atomic mass is 9.99. The number of aliphatic hydroxyl groups is 1. The van der Waals surface area contributed by atoms with Crippen LogP contribution in [0, 0.1) is 11.8 Å². The van der Waals surface area contributed by atoms with Crippen LogP contribution in [0.1, 0.15) is 33.6 Å². The number of hydrogen-bond donors (Lipinski definition) is 2. The van der Waals surface area contributed by atoms with Gasteiger partial charge < -0.3 is 15.7 Å². The monoisotopic (exact) mass is 285 g/mol. The molecule has 0 aliphatic carbocycles. The average molecular weight is 285 g/mol. The van der Waals surface area contributed by atoms with Crippen LogP contribution in [-0.4, -0.2) is 66.2 Å². The first kappa shape index (κ1) is 17.4. The molecule has 0 aromatic rings. The topological polar surface area (TPSA) is 69.8 Å². The van der Waals surface area contributed by atoms with E-state index in [1.807, 2.05) is 4.90 Å². The third-order valence-corrected chi connectivity index (χ3v) is 3.82. The van der Waals surface area contributed by atoms with E-state index < -0.39 is 6.10 Å². The van der Waals surface area contributed by atoms with Crippen molar-refractivity contribution in [1.29, 1.82) is 0 Å². The highest BCUT2D eigenvalue weighted by atomic mass is 16.3. The van der Waals surface area contributed by atoms with Crippen molar-refractivity contribution in [3.05, 3.63) is 0 Å². The lowest BCUT2D eigenvalue weighted by Crippen LogP contribution is -2.45. The molecule has 1 fully saturated rings. The number of amides is 1. The number of primary amides is 1. The lowest BCUT2D eigenvalue weighted by molar-refractivity contribution is -0.119. The summed E-state index contributed by atoms with van der Waals surface area (Å²) < 4.78 is 0. The molecule has 20 heavy (non-hydrogen) atoms. The zero-order valence-corrected chi connectivity index (χ0v) is 13.2. The van der Waals surface area contributed by atoms with Crippen molar-refractivity contribution in [3.8, 4) is 0 Å². The van der Waals surface area contributed by atoms with Crippen LogP contribution in [0.3, 0.4) is 0 Å². The minimum Gasteiger partial charge on any atom is -0.390 e. The molecule has 5 nitrogen and oxygen atoms in total. The number of rotatable bonds is 8. The fourth-order valence-electron chi connectivity index (χ4n) is 2.84. The van der Waals surface area contributed by atoms with E-state index in [4.69, 9.17) is 5.73 Å². The van der Waals surface area contributed by atoms with Crippen molar-refractivity contribution in [2.75, 3.05) is 39.3 Å². The Morgan fingerprint density at radius 3 is 2.45 bits per heavy atom. The molecule has 1 heterocycles. The van der Waals surface area contributed by atoms with E-state index in [1.165, 1.54) is 12.8 Å². The smallest absolute Gasteiger partial charge is 0.231 e. The number of nitrogens with zero attached hydrogens (tertiary/aromatic N) is 2. The van der Waals surface area contributed by atoms with Crippen LogP contribution in [0.4, 0.5) is 0 Å². The molecule has 5 heteroatoms. The van der Waals surface area contributed by atoms with Crippen LogP contribution in [0.2, 0.25) is 0 Å². The maximum absolute atomic E-state index is 11.1. The fraction of sp³-hybridized carbons (Fsp3) is 0.933. The first-order valence-corrected chi connectivity index (χ1v) is 7.78. The van der Waals surface area contributed by atoms with Gasteiger partial charge in [-0.05, 0) is 37.8 Å². The molecule has 1 saturated heterocycles. The molecule has 0 saturated carbocycles. The van der Waals surface area contributed by atoms with Gasteiger partial charge in [-0.25, -0.2) is 0 Å². The molecule has 1 aliphatic rings. The second kappa shape index (κ2) is 8.60. The van der Waals surface area contributed by atoms with Crippen LogP contribution < -0.4 is 5.73 Å². The number of carbonyl (C=O) groups is 1. The van der Waals surface area contributed by atoms with Gasteiger partial charge >= 0.3 is 0 Å². The predicted octanol–water partition coefficient (Wildman–Crippen LogP) is 0.523. The molecule has 1 unspecified atom stereocenters. The molecule has 0 bridgehead atoms. The molecule has 1 rings (SSSR count). The molecule has 0 radical (unpaired) electrons. The zero-order valence-electron chi connectivity index (χ0n) is 13.2. The summed E-state index contributed by atoms with van der Waals surface area (Å²) in [6.07, 6.45) is 2.01. The Balaban J connectivity index is 2.36. The molecule has 0 aromatic carbocycles. The van der Waals surface area contributed by atoms with Crippen LogP contribution >= 0.6 is 0 Å². The summed E-state index contributed by atoms with van der Waals surface area (Å²) in [5.74, 6) is 0.928. The molecular formula is C15H31N3O2. The standard InChI is InChI=1S/C15H31N3O2/c1-12(2)8-18(11-15(16)20)10-14(19)9-17-6-4-13(3)5-7-17/h12-14,19H,4-11H2,1-3H3,(H2,16,20). The van der Waals surface area contributed by atoms with Gasteiger partial charge in [0.25, 0.3) is 0 Å². The normalized spacial score (nSPS) is 19.7.